The molecule has 5 atom stereocenters. The second kappa shape index (κ2) is 3.07. The maximum absolute atomic E-state index is 11.8. The van der Waals surface area contributed by atoms with Crippen molar-refractivity contribution in [3.63, 3.8) is 0 Å². The highest BCUT2D eigenvalue weighted by Gasteiger charge is 2.76. The fraction of sp³-hybridized carbons (Fsp3) is 0.800. The van der Waals surface area contributed by atoms with Crippen LogP contribution in [0.3, 0.4) is 0 Å². The number of aliphatic hydroxyl groups is 1. The third-order valence-corrected chi connectivity index (χ3v) is 6.27. The summed E-state index contributed by atoms with van der Waals surface area (Å²) in [5.74, 6) is -1.25. The normalized spacial score (nSPS) is 55.3. The lowest BCUT2D eigenvalue weighted by molar-refractivity contribution is -0.204. The quantitative estimate of drug-likeness (QED) is 0.536. The zero-order valence-corrected chi connectivity index (χ0v) is 11.7. The minimum absolute atomic E-state index is 0.00667. The Balaban J connectivity index is 1.83. The summed E-state index contributed by atoms with van der Waals surface area (Å²) in [4.78, 5) is 11.8. The van der Waals surface area contributed by atoms with Crippen LogP contribution in [0.4, 0.5) is 0 Å². The third kappa shape index (κ3) is 1.16. The van der Waals surface area contributed by atoms with E-state index >= 15 is 0 Å². The summed E-state index contributed by atoms with van der Waals surface area (Å²) >= 11 is 0. The van der Waals surface area contributed by atoms with Crippen molar-refractivity contribution in [2.75, 3.05) is 0 Å². The number of carbonyl (C=O) groups is 1. The molecule has 0 bridgehead atoms. The standard InChI is InChI=1S/C15H20O4/c1-8-4-5-11-14(18-11)7-15(17)10(6-13(8,14)3)9(2)12(16)19-15/h8,11,17H,4-7H2,1-3H3. The SMILES string of the molecule is CC1=C2CC3(C)C(C)CCC4OC43CC2(O)OC1=O. The Morgan fingerprint density at radius 2 is 2.11 bits per heavy atom. The molecule has 3 fully saturated rings. The molecule has 0 aromatic heterocycles. The lowest BCUT2D eigenvalue weighted by Crippen LogP contribution is -2.56. The Bertz CT molecular complexity index is 524. The van der Waals surface area contributed by atoms with Gasteiger partial charge in [0, 0.05) is 23.0 Å². The molecule has 2 aliphatic carbocycles. The first-order valence-electron chi connectivity index (χ1n) is 7.16. The number of carbonyl (C=O) groups excluding carboxylic acids is 1. The summed E-state index contributed by atoms with van der Waals surface area (Å²) in [5, 5.41) is 10.7. The van der Waals surface area contributed by atoms with Crippen LogP contribution in [0, 0.1) is 11.3 Å². The molecule has 0 amide bonds. The number of hydrogen-bond donors (Lipinski definition) is 1. The van der Waals surface area contributed by atoms with Gasteiger partial charge in [0.15, 0.2) is 0 Å². The van der Waals surface area contributed by atoms with Crippen LogP contribution in [-0.2, 0) is 14.3 Å². The van der Waals surface area contributed by atoms with Crippen molar-refractivity contribution in [2.24, 2.45) is 11.3 Å². The number of fused-ring (bicyclic) bond motifs is 1. The van der Waals surface area contributed by atoms with E-state index in [2.05, 4.69) is 13.8 Å². The zero-order valence-electron chi connectivity index (χ0n) is 11.7. The van der Waals surface area contributed by atoms with E-state index in [1.165, 1.54) is 0 Å². The number of epoxide rings is 1. The minimum Gasteiger partial charge on any atom is -0.426 e. The minimum atomic E-state index is -1.41. The second-order valence-corrected chi connectivity index (χ2v) is 7.02. The fourth-order valence-corrected chi connectivity index (χ4v) is 4.68. The van der Waals surface area contributed by atoms with E-state index < -0.39 is 5.79 Å². The highest BCUT2D eigenvalue weighted by atomic mass is 16.7. The summed E-state index contributed by atoms with van der Waals surface area (Å²) in [6.45, 7) is 6.27. The predicted molar refractivity (Wildman–Crippen MR) is 67.1 cm³/mol. The fourth-order valence-electron chi connectivity index (χ4n) is 4.68. The molecule has 5 unspecified atom stereocenters. The van der Waals surface area contributed by atoms with Crippen molar-refractivity contribution in [3.8, 4) is 0 Å². The van der Waals surface area contributed by atoms with Gasteiger partial charge in [-0.1, -0.05) is 13.8 Å². The van der Waals surface area contributed by atoms with E-state index in [1.54, 1.807) is 6.92 Å². The lowest BCUT2D eigenvalue weighted by Gasteiger charge is -2.51. The summed E-state index contributed by atoms with van der Waals surface area (Å²) in [7, 11) is 0. The molecule has 2 saturated carbocycles. The third-order valence-electron chi connectivity index (χ3n) is 6.27. The Morgan fingerprint density at radius 1 is 1.37 bits per heavy atom. The molecule has 4 heteroatoms. The number of rotatable bonds is 0. The van der Waals surface area contributed by atoms with Crippen molar-refractivity contribution < 1.29 is 19.4 Å². The molecule has 19 heavy (non-hydrogen) atoms. The van der Waals surface area contributed by atoms with E-state index in [4.69, 9.17) is 9.47 Å². The average molecular weight is 264 g/mol. The lowest BCUT2D eigenvalue weighted by atomic mass is 9.53. The van der Waals surface area contributed by atoms with Gasteiger partial charge in [-0.15, -0.1) is 0 Å². The van der Waals surface area contributed by atoms with Crippen LogP contribution < -0.4 is 0 Å². The molecule has 104 valence electrons. The number of ether oxygens (including phenoxy) is 2. The van der Waals surface area contributed by atoms with E-state index in [0.29, 0.717) is 24.3 Å². The van der Waals surface area contributed by atoms with Crippen molar-refractivity contribution in [1.82, 2.24) is 0 Å². The van der Waals surface area contributed by atoms with Gasteiger partial charge >= 0.3 is 5.97 Å². The van der Waals surface area contributed by atoms with Gasteiger partial charge in [-0.25, -0.2) is 4.79 Å². The first kappa shape index (κ1) is 11.9. The average Bonchev–Trinajstić information content (AvgIpc) is 2.99. The maximum Gasteiger partial charge on any atom is 0.336 e. The van der Waals surface area contributed by atoms with E-state index in [0.717, 1.165) is 18.4 Å². The summed E-state index contributed by atoms with van der Waals surface area (Å²) in [5.41, 5.74) is 1.10. The molecule has 0 aromatic carbocycles. The van der Waals surface area contributed by atoms with Gasteiger partial charge in [0.25, 0.3) is 0 Å². The molecule has 0 aromatic rings. The van der Waals surface area contributed by atoms with Gasteiger partial charge in [0.1, 0.15) is 5.60 Å². The zero-order chi connectivity index (χ0) is 13.6. The van der Waals surface area contributed by atoms with Crippen molar-refractivity contribution in [1.29, 1.82) is 0 Å². The largest absolute Gasteiger partial charge is 0.426 e. The summed E-state index contributed by atoms with van der Waals surface area (Å²) in [6.07, 6.45) is 3.56. The molecule has 1 saturated heterocycles. The highest BCUT2D eigenvalue weighted by Crippen LogP contribution is 2.69. The van der Waals surface area contributed by atoms with Gasteiger partial charge < -0.3 is 14.6 Å². The monoisotopic (exact) mass is 264 g/mol. The van der Waals surface area contributed by atoms with Gasteiger partial charge in [-0.2, -0.15) is 0 Å². The Hall–Kier alpha value is -0.870. The molecule has 1 spiro atoms. The maximum atomic E-state index is 11.8. The van der Waals surface area contributed by atoms with Gasteiger partial charge in [0.05, 0.1) is 6.10 Å². The van der Waals surface area contributed by atoms with Crippen LogP contribution in [-0.4, -0.2) is 28.6 Å². The van der Waals surface area contributed by atoms with Crippen molar-refractivity contribution >= 4 is 5.97 Å². The van der Waals surface area contributed by atoms with Crippen LogP contribution in [0.25, 0.3) is 0 Å². The van der Waals surface area contributed by atoms with E-state index in [9.17, 15) is 9.90 Å². The molecule has 0 radical (unpaired) electrons. The Labute approximate surface area is 112 Å². The molecule has 2 heterocycles. The van der Waals surface area contributed by atoms with Crippen LogP contribution in [0.5, 0.6) is 0 Å². The van der Waals surface area contributed by atoms with Crippen molar-refractivity contribution in [3.05, 3.63) is 11.1 Å². The summed E-state index contributed by atoms with van der Waals surface area (Å²) in [6, 6.07) is 0. The van der Waals surface area contributed by atoms with Gasteiger partial charge in [0.2, 0.25) is 5.79 Å². The second-order valence-electron chi connectivity index (χ2n) is 7.02. The molecule has 4 nitrogen and oxygen atoms in total. The smallest absolute Gasteiger partial charge is 0.336 e. The van der Waals surface area contributed by atoms with Gasteiger partial charge in [-0.3, -0.25) is 0 Å². The highest BCUT2D eigenvalue weighted by molar-refractivity contribution is 5.92. The topological polar surface area (TPSA) is 59.1 Å². The van der Waals surface area contributed by atoms with Crippen LogP contribution in [0.15, 0.2) is 11.1 Å². The first-order chi connectivity index (χ1) is 8.82. The molecule has 2 aliphatic heterocycles. The Morgan fingerprint density at radius 3 is 2.84 bits per heavy atom. The van der Waals surface area contributed by atoms with Crippen LogP contribution in [0.1, 0.15) is 46.5 Å². The van der Waals surface area contributed by atoms with E-state index in [-0.39, 0.29) is 23.1 Å². The molecular weight excluding hydrogens is 244 g/mol. The van der Waals surface area contributed by atoms with Crippen LogP contribution in [0.2, 0.25) is 0 Å². The van der Waals surface area contributed by atoms with Gasteiger partial charge in [-0.05, 0) is 32.1 Å². The summed E-state index contributed by atoms with van der Waals surface area (Å²) < 4.78 is 11.3. The molecule has 4 aliphatic rings. The Kier molecular flexibility index (Phi) is 1.92. The molecular formula is C15H20O4. The first-order valence-corrected chi connectivity index (χ1v) is 7.16. The van der Waals surface area contributed by atoms with Crippen molar-refractivity contribution in [2.45, 2.75) is 63.9 Å². The molecule has 4 rings (SSSR count). The number of esters is 1. The molecule has 1 N–H and O–H groups in total. The number of hydrogen-bond acceptors (Lipinski definition) is 4. The van der Waals surface area contributed by atoms with E-state index in [1.807, 2.05) is 0 Å². The predicted octanol–water partition coefficient (Wildman–Crippen LogP) is 1.92. The van der Waals surface area contributed by atoms with Crippen LogP contribution >= 0.6 is 0 Å².